The number of para-hydroxylation sites is 2. The molecule has 0 bridgehead atoms. The highest BCUT2D eigenvalue weighted by Gasteiger charge is 2.20. The monoisotopic (exact) mass is 298 g/mol. The molecule has 0 fully saturated rings. The number of phenols is 2. The van der Waals surface area contributed by atoms with Gasteiger partial charge in [-0.05, 0) is 29.7 Å². The largest absolute Gasteiger partial charge is 0.508 e. The van der Waals surface area contributed by atoms with E-state index in [2.05, 4.69) is 0 Å². The minimum atomic E-state index is -0.897. The molecular weight excluding hydrogens is 280 g/mol. The number of hydrogen-bond acceptors (Lipinski definition) is 5. The van der Waals surface area contributed by atoms with E-state index in [4.69, 9.17) is 11.1 Å². The Balaban J connectivity index is 2.03. The summed E-state index contributed by atoms with van der Waals surface area (Å²) in [6.07, 6.45) is 0.189. The molecule has 0 amide bonds. The molecule has 5 heteroatoms. The van der Waals surface area contributed by atoms with Crippen LogP contribution in [0.15, 0.2) is 48.5 Å². The highest BCUT2D eigenvalue weighted by atomic mass is 16.3. The fourth-order valence-corrected chi connectivity index (χ4v) is 2.17. The predicted octanol–water partition coefficient (Wildman–Crippen LogP) is 1.80. The summed E-state index contributed by atoms with van der Waals surface area (Å²) in [5, 5.41) is 27.3. The zero-order valence-corrected chi connectivity index (χ0v) is 12.0. The van der Waals surface area contributed by atoms with Crippen LogP contribution in [0.25, 0.3) is 0 Å². The lowest BCUT2D eigenvalue weighted by atomic mass is 9.96. The first kappa shape index (κ1) is 15.7. The van der Waals surface area contributed by atoms with Crippen molar-refractivity contribution in [3.8, 4) is 11.5 Å². The van der Waals surface area contributed by atoms with Crippen molar-refractivity contribution in [2.75, 3.05) is 0 Å². The Morgan fingerprint density at radius 3 is 2.05 bits per heavy atom. The highest BCUT2D eigenvalue weighted by molar-refractivity contribution is 6.40. The van der Waals surface area contributed by atoms with Gasteiger partial charge >= 0.3 is 0 Å². The molecule has 2 aromatic carbocycles. The summed E-state index contributed by atoms with van der Waals surface area (Å²) in [5.74, 6) is -0.362. The SMILES string of the molecule is N=C(Cc1ccccc1O)C(=O)C(N)Cc1ccccc1O. The lowest BCUT2D eigenvalue weighted by Gasteiger charge is -2.13. The number of aromatic hydroxyl groups is 2. The Bertz CT molecular complexity index is 698. The van der Waals surface area contributed by atoms with Gasteiger partial charge in [-0.15, -0.1) is 0 Å². The average Bonchev–Trinajstić information content (AvgIpc) is 2.51. The molecule has 5 nitrogen and oxygen atoms in total. The number of carbonyl (C=O) groups is 1. The zero-order valence-electron chi connectivity index (χ0n) is 12.0. The second-order valence-corrected chi connectivity index (χ2v) is 5.09. The topological polar surface area (TPSA) is 107 Å². The maximum atomic E-state index is 12.2. The molecule has 0 saturated heterocycles. The maximum Gasteiger partial charge on any atom is 0.193 e. The van der Waals surface area contributed by atoms with Gasteiger partial charge in [-0.3, -0.25) is 4.79 Å². The molecule has 0 saturated carbocycles. The molecule has 0 aromatic heterocycles. The van der Waals surface area contributed by atoms with Crippen molar-refractivity contribution in [2.45, 2.75) is 18.9 Å². The van der Waals surface area contributed by atoms with E-state index in [1.807, 2.05) is 0 Å². The fourth-order valence-electron chi connectivity index (χ4n) is 2.17. The van der Waals surface area contributed by atoms with Gasteiger partial charge in [0.25, 0.3) is 0 Å². The summed E-state index contributed by atoms with van der Waals surface area (Å²) in [7, 11) is 0. The van der Waals surface area contributed by atoms with Crippen LogP contribution in [0.2, 0.25) is 0 Å². The van der Waals surface area contributed by atoms with E-state index >= 15 is 0 Å². The van der Waals surface area contributed by atoms with E-state index in [0.29, 0.717) is 11.1 Å². The second kappa shape index (κ2) is 6.87. The number of nitrogens with one attached hydrogen (secondary N) is 1. The third-order valence-corrected chi connectivity index (χ3v) is 3.42. The molecule has 0 aliphatic carbocycles. The van der Waals surface area contributed by atoms with Crippen LogP contribution in [0, 0.1) is 5.41 Å². The second-order valence-electron chi connectivity index (χ2n) is 5.09. The quantitative estimate of drug-likeness (QED) is 0.610. The van der Waals surface area contributed by atoms with Gasteiger partial charge in [0.1, 0.15) is 11.5 Å². The predicted molar refractivity (Wildman–Crippen MR) is 84.3 cm³/mol. The lowest BCUT2D eigenvalue weighted by molar-refractivity contribution is -0.114. The number of Topliss-reactive ketones (excluding diaryl/α,β-unsaturated/α-hetero) is 1. The van der Waals surface area contributed by atoms with Gasteiger partial charge in [0, 0.05) is 6.42 Å². The van der Waals surface area contributed by atoms with Crippen molar-refractivity contribution < 1.29 is 15.0 Å². The van der Waals surface area contributed by atoms with Crippen LogP contribution in [-0.2, 0) is 17.6 Å². The van der Waals surface area contributed by atoms with E-state index in [1.54, 1.807) is 36.4 Å². The fraction of sp³-hybridized carbons (Fsp3) is 0.176. The highest BCUT2D eigenvalue weighted by Crippen LogP contribution is 2.19. The molecule has 0 aliphatic rings. The third kappa shape index (κ3) is 3.71. The summed E-state index contributed by atoms with van der Waals surface area (Å²) in [4.78, 5) is 12.2. The lowest BCUT2D eigenvalue weighted by Crippen LogP contribution is -2.38. The van der Waals surface area contributed by atoms with Crippen molar-refractivity contribution in [1.29, 1.82) is 5.41 Å². The van der Waals surface area contributed by atoms with Gasteiger partial charge in [0.15, 0.2) is 5.78 Å². The van der Waals surface area contributed by atoms with Crippen LogP contribution in [-0.4, -0.2) is 27.7 Å². The number of benzene rings is 2. The Kier molecular flexibility index (Phi) is 4.91. The summed E-state index contributed by atoms with van der Waals surface area (Å²) in [5.41, 5.74) is 6.76. The van der Waals surface area contributed by atoms with Crippen LogP contribution in [0.1, 0.15) is 11.1 Å². The van der Waals surface area contributed by atoms with Gasteiger partial charge in [-0.1, -0.05) is 36.4 Å². The normalized spacial score (nSPS) is 11.9. The molecule has 0 radical (unpaired) electrons. The molecule has 22 heavy (non-hydrogen) atoms. The van der Waals surface area contributed by atoms with E-state index in [0.717, 1.165) is 0 Å². The third-order valence-electron chi connectivity index (χ3n) is 3.42. The van der Waals surface area contributed by atoms with Gasteiger partial charge in [-0.2, -0.15) is 0 Å². The van der Waals surface area contributed by atoms with Crippen molar-refractivity contribution >= 4 is 11.5 Å². The minimum Gasteiger partial charge on any atom is -0.508 e. The molecule has 2 aromatic rings. The van der Waals surface area contributed by atoms with Crippen LogP contribution in [0.3, 0.4) is 0 Å². The summed E-state index contributed by atoms with van der Waals surface area (Å²) < 4.78 is 0. The molecule has 114 valence electrons. The number of hydrogen-bond donors (Lipinski definition) is 4. The Hall–Kier alpha value is -2.66. The number of phenolic OH excluding ortho intramolecular Hbond substituents is 2. The smallest absolute Gasteiger partial charge is 0.193 e. The summed E-state index contributed by atoms with van der Waals surface area (Å²) in [6, 6.07) is 12.3. The van der Waals surface area contributed by atoms with E-state index in [-0.39, 0.29) is 30.1 Å². The standard InChI is InChI=1S/C17H18N2O3/c18-13(9-11-5-1-3-7-15(11)20)17(22)14(19)10-12-6-2-4-8-16(12)21/h1-8,13,19-21H,9-10,18H2. The molecule has 0 heterocycles. The van der Waals surface area contributed by atoms with Gasteiger partial charge in [-0.25, -0.2) is 0 Å². The number of ketones is 1. The number of carbonyl (C=O) groups excluding carboxylic acids is 1. The molecule has 0 spiro atoms. The Morgan fingerprint density at radius 2 is 1.50 bits per heavy atom. The maximum absolute atomic E-state index is 12.2. The molecule has 2 rings (SSSR count). The molecule has 1 atom stereocenters. The Labute approximate surface area is 128 Å². The number of nitrogens with two attached hydrogens (primary N) is 1. The first-order valence-electron chi connectivity index (χ1n) is 6.90. The van der Waals surface area contributed by atoms with Crippen LogP contribution < -0.4 is 5.73 Å². The van der Waals surface area contributed by atoms with Crippen molar-refractivity contribution in [3.05, 3.63) is 59.7 Å². The van der Waals surface area contributed by atoms with Gasteiger partial charge in [0.05, 0.1) is 11.8 Å². The van der Waals surface area contributed by atoms with Crippen molar-refractivity contribution in [3.63, 3.8) is 0 Å². The first-order chi connectivity index (χ1) is 10.5. The van der Waals surface area contributed by atoms with E-state index < -0.39 is 11.8 Å². The number of rotatable bonds is 6. The van der Waals surface area contributed by atoms with Crippen molar-refractivity contribution in [1.82, 2.24) is 0 Å². The molecular formula is C17H18N2O3. The van der Waals surface area contributed by atoms with Gasteiger partial charge < -0.3 is 21.4 Å². The Morgan fingerprint density at radius 1 is 1.00 bits per heavy atom. The minimum absolute atomic E-state index is 0.0278. The first-order valence-corrected chi connectivity index (χ1v) is 6.90. The van der Waals surface area contributed by atoms with Crippen molar-refractivity contribution in [2.24, 2.45) is 5.73 Å². The van der Waals surface area contributed by atoms with E-state index in [1.165, 1.54) is 12.1 Å². The molecule has 0 aliphatic heterocycles. The zero-order chi connectivity index (χ0) is 16.1. The van der Waals surface area contributed by atoms with Crippen LogP contribution in [0.5, 0.6) is 11.5 Å². The summed E-state index contributed by atoms with van der Waals surface area (Å²) >= 11 is 0. The van der Waals surface area contributed by atoms with Crippen LogP contribution in [0.4, 0.5) is 0 Å². The van der Waals surface area contributed by atoms with Gasteiger partial charge in [0.2, 0.25) is 0 Å². The molecule has 5 N–H and O–H groups in total. The van der Waals surface area contributed by atoms with E-state index in [9.17, 15) is 15.0 Å². The summed E-state index contributed by atoms with van der Waals surface area (Å²) in [6.45, 7) is 0. The molecule has 1 unspecified atom stereocenters. The average molecular weight is 298 g/mol. The van der Waals surface area contributed by atoms with Crippen LogP contribution >= 0.6 is 0 Å².